The Morgan fingerprint density at radius 1 is 1.00 bits per heavy atom. The molecule has 18 heavy (non-hydrogen) atoms. The van der Waals surface area contributed by atoms with E-state index in [2.05, 4.69) is 0 Å². The fourth-order valence-electron chi connectivity index (χ4n) is 1.17. The average molecular weight is 286 g/mol. The van der Waals surface area contributed by atoms with Crippen LogP contribution >= 0.6 is 0 Å². The van der Waals surface area contributed by atoms with Crippen LogP contribution < -0.4 is 0 Å². The standard InChI is InChI=1S/C10H13O2.C5H5.Fe/c1-10(2,3)12-9(11)8-6-4-5-7-8;1-2-4-5-3-1;/h4-7H,1-3H3;1-5H;/q-1;-5;. The van der Waals surface area contributed by atoms with Gasteiger partial charge in [-0.3, -0.25) is 4.79 Å². The van der Waals surface area contributed by atoms with Gasteiger partial charge in [0, 0.05) is 17.1 Å². The second-order valence-electron chi connectivity index (χ2n) is 4.64. The summed E-state index contributed by atoms with van der Waals surface area (Å²) in [5.74, 6) is -0.257. The molecule has 2 aromatic rings. The van der Waals surface area contributed by atoms with Crippen molar-refractivity contribution in [2.75, 3.05) is 0 Å². The molecule has 0 unspecified atom stereocenters. The molecule has 0 aliphatic heterocycles. The van der Waals surface area contributed by atoms with Gasteiger partial charge in [-0.15, -0.1) is 0 Å². The molecule has 2 rings (SSSR count). The van der Waals surface area contributed by atoms with Crippen molar-refractivity contribution in [2.24, 2.45) is 0 Å². The zero-order valence-electron chi connectivity index (χ0n) is 10.9. The maximum atomic E-state index is 11.3. The molecular weight excluding hydrogens is 268 g/mol. The van der Waals surface area contributed by atoms with Crippen LogP contribution in [0.5, 0.6) is 0 Å². The molecule has 0 saturated carbocycles. The van der Waals surface area contributed by atoms with Crippen LogP contribution in [-0.2, 0) is 21.8 Å². The van der Waals surface area contributed by atoms with Crippen molar-refractivity contribution >= 4 is 5.97 Å². The average Bonchev–Trinajstić information content (AvgIpc) is 2.93. The first-order valence-corrected chi connectivity index (χ1v) is 5.61. The summed E-state index contributed by atoms with van der Waals surface area (Å²) < 4.78 is 5.14. The quantitative estimate of drug-likeness (QED) is 0.453. The van der Waals surface area contributed by atoms with Crippen LogP contribution in [0.15, 0.2) is 54.6 Å². The topological polar surface area (TPSA) is 26.3 Å². The van der Waals surface area contributed by atoms with Crippen LogP contribution in [0.1, 0.15) is 31.1 Å². The monoisotopic (exact) mass is 286 g/mol. The van der Waals surface area contributed by atoms with E-state index in [1.165, 1.54) is 0 Å². The minimum atomic E-state index is -0.408. The first-order chi connectivity index (χ1) is 7.99. The van der Waals surface area contributed by atoms with Crippen LogP contribution in [0.3, 0.4) is 0 Å². The SMILES string of the molecule is CC(C)(C)OC(=O)[c-]1cccc1.[Fe].[cH-]1[cH-][cH-][cH-][cH-]1. The molecule has 2 aromatic carbocycles. The third-order valence-electron chi connectivity index (χ3n) is 1.85. The Morgan fingerprint density at radius 2 is 1.39 bits per heavy atom. The summed E-state index contributed by atoms with van der Waals surface area (Å²) in [5, 5.41) is 0. The van der Waals surface area contributed by atoms with Gasteiger partial charge in [0.2, 0.25) is 0 Å². The van der Waals surface area contributed by atoms with Crippen molar-refractivity contribution in [2.45, 2.75) is 26.4 Å². The van der Waals surface area contributed by atoms with Crippen LogP contribution in [0.2, 0.25) is 0 Å². The summed E-state index contributed by atoms with van der Waals surface area (Å²) in [5.41, 5.74) is 0.207. The second kappa shape index (κ2) is 7.91. The fraction of sp³-hybridized carbons (Fsp3) is 0.267. The summed E-state index contributed by atoms with van der Waals surface area (Å²) in [4.78, 5) is 11.3. The van der Waals surface area contributed by atoms with Gasteiger partial charge >= 0.3 is 0 Å². The predicted octanol–water partition coefficient (Wildman–Crippen LogP) is 3.76. The molecule has 0 fully saturated rings. The maximum Gasteiger partial charge on any atom is 0.281 e. The van der Waals surface area contributed by atoms with Crippen molar-refractivity contribution in [1.29, 1.82) is 0 Å². The first kappa shape index (κ1) is 16.7. The van der Waals surface area contributed by atoms with Crippen LogP contribution in [-0.4, -0.2) is 11.6 Å². The van der Waals surface area contributed by atoms with E-state index in [4.69, 9.17) is 4.74 Å². The van der Waals surface area contributed by atoms with E-state index in [0.717, 1.165) is 0 Å². The molecule has 0 saturated heterocycles. The van der Waals surface area contributed by atoms with Gasteiger partial charge in [-0.05, 0) is 20.8 Å². The summed E-state index contributed by atoms with van der Waals surface area (Å²) in [6.07, 6.45) is 0. The van der Waals surface area contributed by atoms with Crippen molar-refractivity contribution < 1.29 is 26.6 Å². The Kier molecular flexibility index (Phi) is 7.33. The molecule has 0 radical (unpaired) electrons. The van der Waals surface area contributed by atoms with Gasteiger partial charge in [-0.1, -0.05) is 5.56 Å². The molecule has 0 aromatic heterocycles. The third-order valence-corrected chi connectivity index (χ3v) is 1.85. The Hall–Kier alpha value is -1.31. The number of rotatable bonds is 1. The number of carbonyl (C=O) groups excluding carboxylic acids is 1. The van der Waals surface area contributed by atoms with E-state index < -0.39 is 5.60 Å². The summed E-state index contributed by atoms with van der Waals surface area (Å²) >= 11 is 0. The van der Waals surface area contributed by atoms with Gasteiger partial charge in [-0.2, -0.15) is 12.1 Å². The molecule has 2 nitrogen and oxygen atoms in total. The normalized spacial score (nSPS) is 9.72. The van der Waals surface area contributed by atoms with E-state index in [0.29, 0.717) is 5.56 Å². The number of hydrogen-bond acceptors (Lipinski definition) is 2. The molecule has 3 heteroatoms. The molecule has 0 heterocycles. The zero-order valence-corrected chi connectivity index (χ0v) is 12.0. The number of carbonyl (C=O) groups is 1. The smallest absolute Gasteiger partial charge is 0.281 e. The Morgan fingerprint density at radius 3 is 1.72 bits per heavy atom. The van der Waals surface area contributed by atoms with Gasteiger partial charge < -0.3 is 35.1 Å². The van der Waals surface area contributed by atoms with E-state index in [-0.39, 0.29) is 23.0 Å². The number of esters is 1. The van der Waals surface area contributed by atoms with Crippen molar-refractivity contribution in [3.8, 4) is 0 Å². The predicted molar refractivity (Wildman–Crippen MR) is 69.2 cm³/mol. The summed E-state index contributed by atoms with van der Waals surface area (Å²) in [7, 11) is 0. The minimum absolute atomic E-state index is 0. The number of hydrogen-bond donors (Lipinski definition) is 0. The molecule has 0 bridgehead atoms. The van der Waals surface area contributed by atoms with Crippen LogP contribution in [0.25, 0.3) is 0 Å². The molecule has 0 aliphatic carbocycles. The third kappa shape index (κ3) is 7.10. The van der Waals surface area contributed by atoms with Crippen LogP contribution in [0, 0.1) is 0 Å². The minimum Gasteiger partial charge on any atom is -0.748 e. The van der Waals surface area contributed by atoms with Crippen LogP contribution in [0.4, 0.5) is 0 Å². The van der Waals surface area contributed by atoms with E-state index in [1.807, 2.05) is 63.2 Å². The van der Waals surface area contributed by atoms with E-state index in [9.17, 15) is 4.79 Å². The van der Waals surface area contributed by atoms with Gasteiger partial charge in [0.1, 0.15) is 5.60 Å². The van der Waals surface area contributed by atoms with Gasteiger partial charge in [0.05, 0.1) is 0 Å². The number of ether oxygens (including phenoxy) is 1. The van der Waals surface area contributed by atoms with E-state index >= 15 is 0 Å². The van der Waals surface area contributed by atoms with Crippen molar-refractivity contribution in [3.05, 3.63) is 60.2 Å². The summed E-state index contributed by atoms with van der Waals surface area (Å²) in [6, 6.07) is 17.1. The molecule has 104 valence electrons. The second-order valence-corrected chi connectivity index (χ2v) is 4.64. The van der Waals surface area contributed by atoms with E-state index in [1.54, 1.807) is 12.1 Å². The molecule has 0 spiro atoms. The van der Waals surface area contributed by atoms with Crippen molar-refractivity contribution in [1.82, 2.24) is 0 Å². The molecule has 0 N–H and O–H groups in total. The molecule has 0 atom stereocenters. The molecular formula is C15H18FeO2-6. The Balaban J connectivity index is 0.000000405. The first-order valence-electron chi connectivity index (χ1n) is 5.61. The molecule has 0 amide bonds. The maximum absolute atomic E-state index is 11.3. The fourth-order valence-corrected chi connectivity index (χ4v) is 1.17. The van der Waals surface area contributed by atoms with Gasteiger partial charge in [-0.25, -0.2) is 12.1 Å². The molecule has 0 aliphatic rings. The van der Waals surface area contributed by atoms with Gasteiger partial charge in [0.15, 0.2) is 0 Å². The zero-order chi connectivity index (χ0) is 12.7. The van der Waals surface area contributed by atoms with Crippen molar-refractivity contribution in [3.63, 3.8) is 0 Å². The Bertz CT molecular complexity index is 391. The van der Waals surface area contributed by atoms with Gasteiger partial charge in [0.25, 0.3) is 5.97 Å². The Labute approximate surface area is 119 Å². The largest absolute Gasteiger partial charge is 0.748 e. The summed E-state index contributed by atoms with van der Waals surface area (Å²) in [6.45, 7) is 5.56.